The number of thiazole rings is 1. The van der Waals surface area contributed by atoms with E-state index in [0.717, 1.165) is 41.1 Å². The van der Waals surface area contributed by atoms with Crippen LogP contribution in [0.25, 0.3) is 5.69 Å². The number of benzene rings is 1. The molecular formula is C20H26N6OS. The molecule has 0 spiro atoms. The van der Waals surface area contributed by atoms with Crippen LogP contribution >= 0.6 is 11.3 Å². The summed E-state index contributed by atoms with van der Waals surface area (Å²) in [4.78, 5) is 10.4. The number of guanidine groups is 1. The Balaban J connectivity index is 1.61. The molecule has 148 valence electrons. The van der Waals surface area contributed by atoms with Crippen molar-refractivity contribution >= 4 is 17.3 Å². The Hall–Kier alpha value is -2.87. The van der Waals surface area contributed by atoms with Gasteiger partial charge < -0.3 is 15.4 Å². The van der Waals surface area contributed by atoms with E-state index in [-0.39, 0.29) is 0 Å². The summed E-state index contributed by atoms with van der Waals surface area (Å²) in [5, 5.41) is 12.3. The lowest BCUT2D eigenvalue weighted by molar-refractivity contribution is 0.414. The first kappa shape index (κ1) is 19.9. The molecule has 1 aromatic carbocycles. The van der Waals surface area contributed by atoms with Crippen molar-refractivity contribution in [3.05, 3.63) is 58.3 Å². The molecule has 2 aromatic heterocycles. The topological polar surface area (TPSA) is 76.4 Å². The molecule has 0 saturated carbocycles. The molecule has 0 aliphatic carbocycles. The number of nitrogens with one attached hydrogen (secondary N) is 2. The predicted octanol–water partition coefficient (Wildman–Crippen LogP) is 3.16. The second kappa shape index (κ2) is 9.89. The van der Waals surface area contributed by atoms with Crippen molar-refractivity contribution in [2.45, 2.75) is 33.4 Å². The zero-order valence-corrected chi connectivity index (χ0v) is 17.3. The zero-order chi connectivity index (χ0) is 19.8. The molecule has 2 N–H and O–H groups in total. The number of hydrogen-bond donors (Lipinski definition) is 2. The van der Waals surface area contributed by atoms with Gasteiger partial charge in [0.15, 0.2) is 5.96 Å². The van der Waals surface area contributed by atoms with Gasteiger partial charge in [-0.25, -0.2) is 14.7 Å². The molecule has 7 nitrogen and oxygen atoms in total. The molecule has 3 aromatic rings. The van der Waals surface area contributed by atoms with Crippen LogP contribution in [0, 0.1) is 0 Å². The Kier molecular flexibility index (Phi) is 7.02. The molecule has 0 saturated heterocycles. The van der Waals surface area contributed by atoms with E-state index >= 15 is 0 Å². The molecule has 0 fully saturated rings. The molecule has 0 aliphatic heterocycles. The van der Waals surface area contributed by atoms with Crippen LogP contribution in [-0.4, -0.2) is 34.4 Å². The van der Waals surface area contributed by atoms with Crippen molar-refractivity contribution in [2.24, 2.45) is 4.99 Å². The van der Waals surface area contributed by atoms with Gasteiger partial charge in [0.2, 0.25) is 0 Å². The standard InChI is InChI=1S/C20H26N6OS/c1-4-18-13-22-19(28-18)14-24-20(21-5-2)23-12-15-10-11-26(25-15)16-6-8-17(27-3)9-7-16/h6-11,13H,4-5,12,14H2,1-3H3,(H2,21,23,24). The Morgan fingerprint density at radius 1 is 1.18 bits per heavy atom. The van der Waals surface area contributed by atoms with Crippen LogP contribution in [0.15, 0.2) is 47.7 Å². The summed E-state index contributed by atoms with van der Waals surface area (Å²) >= 11 is 1.73. The molecule has 8 heteroatoms. The summed E-state index contributed by atoms with van der Waals surface area (Å²) in [6, 6.07) is 9.77. The Labute approximate surface area is 169 Å². The SMILES string of the molecule is CCNC(=NCc1ccn(-c2ccc(OC)cc2)n1)NCc1ncc(CC)s1. The molecule has 0 bridgehead atoms. The predicted molar refractivity (Wildman–Crippen MR) is 113 cm³/mol. The van der Waals surface area contributed by atoms with E-state index in [9.17, 15) is 0 Å². The highest BCUT2D eigenvalue weighted by Gasteiger charge is 2.05. The third-order valence-corrected chi connectivity index (χ3v) is 5.22. The normalized spacial score (nSPS) is 11.5. The van der Waals surface area contributed by atoms with Gasteiger partial charge in [-0.2, -0.15) is 5.10 Å². The lowest BCUT2D eigenvalue weighted by Gasteiger charge is -2.09. The minimum absolute atomic E-state index is 0.497. The number of rotatable bonds is 8. The maximum absolute atomic E-state index is 5.20. The van der Waals surface area contributed by atoms with Gasteiger partial charge in [-0.05, 0) is 43.7 Å². The van der Waals surface area contributed by atoms with Crippen molar-refractivity contribution in [2.75, 3.05) is 13.7 Å². The molecule has 0 atom stereocenters. The number of aromatic nitrogens is 3. The zero-order valence-electron chi connectivity index (χ0n) is 16.5. The first-order valence-corrected chi connectivity index (χ1v) is 10.2. The molecular weight excluding hydrogens is 372 g/mol. The van der Waals surface area contributed by atoms with Gasteiger partial charge in [-0.1, -0.05) is 6.92 Å². The van der Waals surface area contributed by atoms with Gasteiger partial charge in [-0.15, -0.1) is 11.3 Å². The fourth-order valence-electron chi connectivity index (χ4n) is 2.58. The van der Waals surface area contributed by atoms with Crippen LogP contribution in [0.4, 0.5) is 0 Å². The van der Waals surface area contributed by atoms with Gasteiger partial charge in [-0.3, -0.25) is 0 Å². The fraction of sp³-hybridized carbons (Fsp3) is 0.350. The number of ether oxygens (including phenoxy) is 1. The van der Waals surface area contributed by atoms with Crippen LogP contribution in [0.3, 0.4) is 0 Å². The van der Waals surface area contributed by atoms with E-state index < -0.39 is 0 Å². The summed E-state index contributed by atoms with van der Waals surface area (Å²) < 4.78 is 7.04. The van der Waals surface area contributed by atoms with E-state index in [2.05, 4.69) is 32.6 Å². The van der Waals surface area contributed by atoms with Crippen molar-refractivity contribution in [3.8, 4) is 11.4 Å². The van der Waals surface area contributed by atoms with Crippen LogP contribution in [0.1, 0.15) is 29.4 Å². The molecule has 2 heterocycles. The third kappa shape index (κ3) is 5.32. The minimum Gasteiger partial charge on any atom is -0.497 e. The van der Waals surface area contributed by atoms with E-state index in [4.69, 9.17) is 4.74 Å². The first-order valence-electron chi connectivity index (χ1n) is 9.36. The smallest absolute Gasteiger partial charge is 0.191 e. The largest absolute Gasteiger partial charge is 0.497 e. The second-order valence-electron chi connectivity index (χ2n) is 6.07. The third-order valence-electron chi connectivity index (χ3n) is 4.08. The monoisotopic (exact) mass is 398 g/mol. The van der Waals surface area contributed by atoms with Crippen LogP contribution in [0.2, 0.25) is 0 Å². The Bertz CT molecular complexity index is 900. The van der Waals surface area contributed by atoms with Gasteiger partial charge >= 0.3 is 0 Å². The lowest BCUT2D eigenvalue weighted by atomic mass is 10.3. The van der Waals surface area contributed by atoms with E-state index in [1.807, 2.05) is 54.3 Å². The van der Waals surface area contributed by atoms with E-state index in [1.165, 1.54) is 4.88 Å². The molecule has 0 unspecified atom stereocenters. The highest BCUT2D eigenvalue weighted by atomic mass is 32.1. The van der Waals surface area contributed by atoms with Crippen LogP contribution in [0.5, 0.6) is 5.75 Å². The minimum atomic E-state index is 0.497. The number of aliphatic imine (C=N–C) groups is 1. The second-order valence-corrected chi connectivity index (χ2v) is 7.27. The summed E-state index contributed by atoms with van der Waals surface area (Å²) in [5.41, 5.74) is 1.88. The highest BCUT2D eigenvalue weighted by molar-refractivity contribution is 7.11. The first-order chi connectivity index (χ1) is 13.7. The highest BCUT2D eigenvalue weighted by Crippen LogP contribution is 2.15. The maximum atomic E-state index is 5.20. The summed E-state index contributed by atoms with van der Waals surface area (Å²) in [7, 11) is 1.66. The average Bonchev–Trinajstić information content (AvgIpc) is 3.39. The summed E-state index contributed by atoms with van der Waals surface area (Å²) in [6.45, 7) is 6.15. The molecule has 3 rings (SSSR count). The van der Waals surface area contributed by atoms with Crippen molar-refractivity contribution in [1.29, 1.82) is 0 Å². The number of hydrogen-bond acceptors (Lipinski definition) is 5. The maximum Gasteiger partial charge on any atom is 0.191 e. The summed E-state index contributed by atoms with van der Waals surface area (Å²) in [6.07, 6.45) is 4.90. The molecule has 0 aliphatic rings. The number of nitrogens with zero attached hydrogens (tertiary/aromatic N) is 4. The number of methoxy groups -OCH3 is 1. The lowest BCUT2D eigenvalue weighted by Crippen LogP contribution is -2.36. The average molecular weight is 399 g/mol. The van der Waals surface area contributed by atoms with Crippen LogP contribution in [-0.2, 0) is 19.5 Å². The van der Waals surface area contributed by atoms with E-state index in [0.29, 0.717) is 13.1 Å². The quantitative estimate of drug-likeness (QED) is 0.450. The van der Waals surface area contributed by atoms with E-state index in [1.54, 1.807) is 18.4 Å². The molecule has 0 radical (unpaired) electrons. The van der Waals surface area contributed by atoms with Crippen molar-refractivity contribution < 1.29 is 4.74 Å². The molecule has 28 heavy (non-hydrogen) atoms. The van der Waals surface area contributed by atoms with Crippen molar-refractivity contribution in [3.63, 3.8) is 0 Å². The Morgan fingerprint density at radius 2 is 2.00 bits per heavy atom. The van der Waals surface area contributed by atoms with Gasteiger partial charge in [0, 0.05) is 23.8 Å². The van der Waals surface area contributed by atoms with Gasteiger partial charge in [0.1, 0.15) is 10.8 Å². The van der Waals surface area contributed by atoms with Crippen LogP contribution < -0.4 is 15.4 Å². The number of aryl methyl sites for hydroxylation is 1. The summed E-state index contributed by atoms with van der Waals surface area (Å²) in [5.74, 6) is 1.59. The van der Waals surface area contributed by atoms with Gasteiger partial charge in [0.25, 0.3) is 0 Å². The van der Waals surface area contributed by atoms with Crippen molar-refractivity contribution in [1.82, 2.24) is 25.4 Å². The molecule has 0 amide bonds. The fourth-order valence-corrected chi connectivity index (χ4v) is 3.38. The van der Waals surface area contributed by atoms with Gasteiger partial charge in [0.05, 0.1) is 31.6 Å². The Morgan fingerprint density at radius 3 is 2.68 bits per heavy atom.